The normalized spacial score (nSPS) is 12.5. The van der Waals surface area contributed by atoms with E-state index in [2.05, 4.69) is 0 Å². The largest absolute Gasteiger partial charge is 0.381 e. The molecule has 0 aromatic carbocycles. The smallest absolute Gasteiger partial charge is 0.132 e. The lowest BCUT2D eigenvalue weighted by Crippen LogP contribution is -2.14. The van der Waals surface area contributed by atoms with Crippen molar-refractivity contribution in [3.63, 3.8) is 0 Å². The van der Waals surface area contributed by atoms with Gasteiger partial charge in [0.15, 0.2) is 0 Å². The molecule has 0 rings (SSSR count). The van der Waals surface area contributed by atoms with Gasteiger partial charge < -0.3 is 9.53 Å². The van der Waals surface area contributed by atoms with Crippen molar-refractivity contribution in [3.8, 4) is 0 Å². The average molecular weight is 158 g/mol. The third-order valence-corrected chi connectivity index (χ3v) is 1.45. The van der Waals surface area contributed by atoms with Crippen LogP contribution in [-0.4, -0.2) is 25.3 Å². The van der Waals surface area contributed by atoms with E-state index in [1.165, 1.54) is 6.92 Å². The van der Waals surface area contributed by atoms with Gasteiger partial charge in [0, 0.05) is 20.0 Å². The molecule has 0 bridgehead atoms. The van der Waals surface area contributed by atoms with Crippen LogP contribution in [0.1, 0.15) is 26.2 Å². The Morgan fingerprint density at radius 3 is 2.64 bits per heavy atom. The summed E-state index contributed by atoms with van der Waals surface area (Å²) < 4.78 is 4.98. The van der Waals surface area contributed by atoms with Gasteiger partial charge in [-0.1, -0.05) is 0 Å². The fourth-order valence-electron chi connectivity index (χ4n) is 0.878. The number of ketones is 1. The number of carbonyl (C=O) groups is 2. The van der Waals surface area contributed by atoms with Crippen LogP contribution in [0.15, 0.2) is 0 Å². The minimum absolute atomic E-state index is 0.0855. The molecular formula is C8H14O3. The molecule has 0 aliphatic carbocycles. The number of hydrogen-bond donors (Lipinski definition) is 0. The topological polar surface area (TPSA) is 43.4 Å². The first-order valence-electron chi connectivity index (χ1n) is 3.66. The van der Waals surface area contributed by atoms with Gasteiger partial charge in [0.2, 0.25) is 0 Å². The van der Waals surface area contributed by atoms with Crippen molar-refractivity contribution in [3.05, 3.63) is 0 Å². The Morgan fingerprint density at radius 1 is 1.64 bits per heavy atom. The molecular weight excluding hydrogens is 144 g/mol. The van der Waals surface area contributed by atoms with Crippen LogP contribution in [0.5, 0.6) is 0 Å². The van der Waals surface area contributed by atoms with Gasteiger partial charge in [0.1, 0.15) is 12.1 Å². The summed E-state index contributed by atoms with van der Waals surface area (Å²) in [5.41, 5.74) is 0. The Hall–Kier alpha value is -0.700. The lowest BCUT2D eigenvalue weighted by Gasteiger charge is -2.10. The summed E-state index contributed by atoms with van der Waals surface area (Å²) >= 11 is 0. The maximum atomic E-state index is 10.6. The van der Waals surface area contributed by atoms with Gasteiger partial charge in [-0.15, -0.1) is 0 Å². The van der Waals surface area contributed by atoms with E-state index < -0.39 is 0 Å². The first-order valence-corrected chi connectivity index (χ1v) is 3.66. The summed E-state index contributed by atoms with van der Waals surface area (Å²) in [5.74, 6) is 0.0998. The van der Waals surface area contributed by atoms with Gasteiger partial charge in [-0.2, -0.15) is 0 Å². The molecule has 64 valence electrons. The first kappa shape index (κ1) is 10.3. The highest BCUT2D eigenvalue weighted by atomic mass is 16.5. The summed E-state index contributed by atoms with van der Waals surface area (Å²) in [4.78, 5) is 20.6. The van der Waals surface area contributed by atoms with Crippen LogP contribution < -0.4 is 0 Å². The molecule has 0 N–H and O–H groups in total. The number of ether oxygens (including phenoxy) is 1. The Balaban J connectivity index is 3.57. The van der Waals surface area contributed by atoms with Gasteiger partial charge in [-0.3, -0.25) is 4.79 Å². The highest BCUT2D eigenvalue weighted by Gasteiger charge is 2.08. The van der Waals surface area contributed by atoms with Crippen molar-refractivity contribution in [1.82, 2.24) is 0 Å². The first-order chi connectivity index (χ1) is 5.20. The number of rotatable bonds is 6. The quantitative estimate of drug-likeness (QED) is 0.541. The molecule has 11 heavy (non-hydrogen) atoms. The van der Waals surface area contributed by atoms with Crippen LogP contribution in [0.25, 0.3) is 0 Å². The van der Waals surface area contributed by atoms with Gasteiger partial charge in [0.05, 0.1) is 6.10 Å². The third-order valence-electron chi connectivity index (χ3n) is 1.45. The predicted molar refractivity (Wildman–Crippen MR) is 41.4 cm³/mol. The summed E-state index contributed by atoms with van der Waals surface area (Å²) in [6, 6.07) is 0. The second-order valence-electron chi connectivity index (χ2n) is 2.51. The molecule has 0 fully saturated rings. The predicted octanol–water partition coefficient (Wildman–Crippen LogP) is 0.960. The van der Waals surface area contributed by atoms with E-state index in [0.717, 1.165) is 6.29 Å². The van der Waals surface area contributed by atoms with Crippen LogP contribution in [0.4, 0.5) is 0 Å². The molecule has 0 saturated heterocycles. The second kappa shape index (κ2) is 6.04. The Bertz CT molecular complexity index is 131. The van der Waals surface area contributed by atoms with Crippen molar-refractivity contribution in [2.75, 3.05) is 7.11 Å². The van der Waals surface area contributed by atoms with Crippen LogP contribution in [-0.2, 0) is 14.3 Å². The molecule has 0 saturated carbocycles. The fourth-order valence-corrected chi connectivity index (χ4v) is 0.878. The average Bonchev–Trinajstić information content (AvgIpc) is 1.97. The monoisotopic (exact) mass is 158 g/mol. The zero-order valence-corrected chi connectivity index (χ0v) is 7.00. The Kier molecular flexibility index (Phi) is 5.65. The van der Waals surface area contributed by atoms with Gasteiger partial charge in [-0.25, -0.2) is 0 Å². The van der Waals surface area contributed by atoms with Crippen molar-refractivity contribution >= 4 is 12.1 Å². The van der Waals surface area contributed by atoms with E-state index in [1.54, 1.807) is 7.11 Å². The van der Waals surface area contributed by atoms with Crippen molar-refractivity contribution in [2.24, 2.45) is 0 Å². The Morgan fingerprint density at radius 2 is 2.27 bits per heavy atom. The molecule has 0 amide bonds. The van der Waals surface area contributed by atoms with Crippen molar-refractivity contribution < 1.29 is 14.3 Å². The molecule has 0 aliphatic heterocycles. The summed E-state index contributed by atoms with van der Waals surface area (Å²) in [5, 5.41) is 0. The molecule has 0 heterocycles. The van der Waals surface area contributed by atoms with E-state index in [9.17, 15) is 9.59 Å². The maximum Gasteiger partial charge on any atom is 0.132 e. The van der Waals surface area contributed by atoms with Crippen LogP contribution in [0.2, 0.25) is 0 Å². The molecule has 1 atom stereocenters. The number of carbonyl (C=O) groups excluding carboxylic acids is 2. The number of methoxy groups -OCH3 is 1. The summed E-state index contributed by atoms with van der Waals surface area (Å²) in [6.07, 6.45) is 2.26. The van der Waals surface area contributed by atoms with E-state index >= 15 is 0 Å². The van der Waals surface area contributed by atoms with E-state index in [-0.39, 0.29) is 11.9 Å². The molecule has 3 nitrogen and oxygen atoms in total. The van der Waals surface area contributed by atoms with Crippen LogP contribution >= 0.6 is 0 Å². The zero-order valence-electron chi connectivity index (χ0n) is 7.00. The van der Waals surface area contributed by atoms with E-state index in [1.807, 2.05) is 0 Å². The third kappa shape index (κ3) is 5.73. The molecule has 0 aliphatic rings. The zero-order chi connectivity index (χ0) is 8.69. The van der Waals surface area contributed by atoms with E-state index in [0.29, 0.717) is 19.3 Å². The summed E-state index contributed by atoms with van der Waals surface area (Å²) in [6.45, 7) is 1.52. The highest BCUT2D eigenvalue weighted by molar-refractivity contribution is 5.76. The number of hydrogen-bond acceptors (Lipinski definition) is 3. The SMILES string of the molecule is CO[C@H](CCC=O)CC(C)=O. The maximum absolute atomic E-state index is 10.6. The molecule has 3 heteroatoms. The van der Waals surface area contributed by atoms with E-state index in [4.69, 9.17) is 4.74 Å². The summed E-state index contributed by atoms with van der Waals surface area (Å²) in [7, 11) is 1.55. The molecule has 0 spiro atoms. The standard InChI is InChI=1S/C8H14O3/c1-7(10)6-8(11-2)4-3-5-9/h5,8H,3-4,6H2,1-2H3/t8-/m1/s1. The Labute approximate surface area is 66.7 Å². The number of Topliss-reactive ketones (excluding diaryl/α,β-unsaturated/α-hetero) is 1. The number of aldehydes is 1. The van der Waals surface area contributed by atoms with Crippen LogP contribution in [0, 0.1) is 0 Å². The molecule has 0 unspecified atom stereocenters. The molecule has 0 aromatic rings. The van der Waals surface area contributed by atoms with Crippen molar-refractivity contribution in [2.45, 2.75) is 32.3 Å². The lowest BCUT2D eigenvalue weighted by atomic mass is 10.1. The van der Waals surface area contributed by atoms with Gasteiger partial charge in [0.25, 0.3) is 0 Å². The minimum Gasteiger partial charge on any atom is -0.381 e. The van der Waals surface area contributed by atoms with Gasteiger partial charge in [-0.05, 0) is 13.3 Å². The van der Waals surface area contributed by atoms with Crippen LogP contribution in [0.3, 0.4) is 0 Å². The second-order valence-corrected chi connectivity index (χ2v) is 2.51. The van der Waals surface area contributed by atoms with Gasteiger partial charge >= 0.3 is 0 Å². The molecule has 0 radical (unpaired) electrons. The molecule has 0 aromatic heterocycles. The van der Waals surface area contributed by atoms with Crippen molar-refractivity contribution in [1.29, 1.82) is 0 Å². The minimum atomic E-state index is -0.0855. The fraction of sp³-hybridized carbons (Fsp3) is 0.750. The lowest BCUT2D eigenvalue weighted by molar-refractivity contribution is -0.120. The highest BCUT2D eigenvalue weighted by Crippen LogP contribution is 2.04.